The number of hydrogen-bond acceptors (Lipinski definition) is 5. The van der Waals surface area contributed by atoms with Crippen LogP contribution >= 0.6 is 0 Å². The number of likely N-dealkylation sites (N-methyl/N-ethyl adjacent to an activating group) is 1. The molecule has 1 heterocycles. The van der Waals surface area contributed by atoms with E-state index in [-0.39, 0.29) is 5.91 Å². The van der Waals surface area contributed by atoms with Gasteiger partial charge in [-0.25, -0.2) is 9.67 Å². The van der Waals surface area contributed by atoms with Crippen molar-refractivity contribution in [3.8, 4) is 11.5 Å². The molecule has 7 nitrogen and oxygen atoms in total. The summed E-state index contributed by atoms with van der Waals surface area (Å²) in [6.45, 7) is 4.77. The van der Waals surface area contributed by atoms with Gasteiger partial charge in [0.15, 0.2) is 11.5 Å². The Morgan fingerprint density at radius 3 is 2.78 bits per heavy atom. The molecule has 0 radical (unpaired) electrons. The number of benzene rings is 1. The van der Waals surface area contributed by atoms with Gasteiger partial charge >= 0.3 is 0 Å². The van der Waals surface area contributed by atoms with Gasteiger partial charge in [0.2, 0.25) is 5.91 Å². The lowest BCUT2D eigenvalue weighted by Gasteiger charge is -2.22. The van der Waals surface area contributed by atoms with Crippen molar-refractivity contribution in [3.63, 3.8) is 0 Å². The predicted molar refractivity (Wildman–Crippen MR) is 85.4 cm³/mol. The van der Waals surface area contributed by atoms with E-state index in [4.69, 9.17) is 9.47 Å². The molecular weight excluding hydrogens is 296 g/mol. The highest BCUT2D eigenvalue weighted by molar-refractivity contribution is 5.79. The summed E-state index contributed by atoms with van der Waals surface area (Å²) < 4.78 is 12.4. The van der Waals surface area contributed by atoms with Crippen LogP contribution in [0.15, 0.2) is 30.9 Å². The summed E-state index contributed by atoms with van der Waals surface area (Å²) in [6, 6.07) is 5.27. The predicted octanol–water partition coefficient (Wildman–Crippen LogP) is 1.91. The van der Waals surface area contributed by atoms with Crippen LogP contribution in [-0.4, -0.2) is 46.3 Å². The molecule has 0 N–H and O–H groups in total. The van der Waals surface area contributed by atoms with Crippen molar-refractivity contribution in [1.82, 2.24) is 19.7 Å². The largest absolute Gasteiger partial charge is 0.493 e. The van der Waals surface area contributed by atoms with Crippen molar-refractivity contribution >= 4 is 5.91 Å². The van der Waals surface area contributed by atoms with E-state index in [2.05, 4.69) is 10.1 Å². The highest BCUT2D eigenvalue weighted by Crippen LogP contribution is 2.28. The third-order valence-corrected chi connectivity index (χ3v) is 3.51. The number of ether oxygens (including phenoxy) is 2. The number of rotatable bonds is 7. The maximum absolute atomic E-state index is 12.5. The molecule has 0 aliphatic rings. The molecule has 124 valence electrons. The zero-order valence-electron chi connectivity index (χ0n) is 13.9. The van der Waals surface area contributed by atoms with Crippen LogP contribution in [0.5, 0.6) is 11.5 Å². The molecule has 1 amide bonds. The minimum absolute atomic E-state index is 0.0386. The smallest absolute Gasteiger partial charge is 0.247 e. The summed E-state index contributed by atoms with van der Waals surface area (Å²) in [4.78, 5) is 18.0. The van der Waals surface area contributed by atoms with Crippen LogP contribution in [-0.2, 0) is 11.3 Å². The zero-order chi connectivity index (χ0) is 16.8. The van der Waals surface area contributed by atoms with E-state index < -0.39 is 6.04 Å². The van der Waals surface area contributed by atoms with E-state index >= 15 is 0 Å². The molecule has 0 fully saturated rings. The minimum Gasteiger partial charge on any atom is -0.493 e. The van der Waals surface area contributed by atoms with E-state index in [9.17, 15) is 4.79 Å². The summed E-state index contributed by atoms with van der Waals surface area (Å²) in [5, 5.41) is 4.01. The Kier molecular flexibility index (Phi) is 5.56. The lowest BCUT2D eigenvalue weighted by molar-refractivity contribution is -0.133. The molecule has 0 bridgehead atoms. The summed E-state index contributed by atoms with van der Waals surface area (Å²) in [6.07, 6.45) is 2.96. The van der Waals surface area contributed by atoms with Gasteiger partial charge in [-0.2, -0.15) is 5.10 Å². The van der Waals surface area contributed by atoms with Crippen molar-refractivity contribution < 1.29 is 14.3 Å². The van der Waals surface area contributed by atoms with Crippen LogP contribution in [0, 0.1) is 0 Å². The second-order valence-electron chi connectivity index (χ2n) is 5.16. The molecule has 7 heteroatoms. The molecule has 0 saturated heterocycles. The second-order valence-corrected chi connectivity index (χ2v) is 5.16. The number of aromatic nitrogens is 3. The van der Waals surface area contributed by atoms with Crippen LogP contribution < -0.4 is 9.47 Å². The zero-order valence-corrected chi connectivity index (χ0v) is 13.9. The van der Waals surface area contributed by atoms with Crippen LogP contribution in [0.4, 0.5) is 0 Å². The number of hydrogen-bond donors (Lipinski definition) is 0. The average Bonchev–Trinajstić information content (AvgIpc) is 3.09. The summed E-state index contributed by atoms with van der Waals surface area (Å²) in [5.41, 5.74) is 0.965. The Balaban J connectivity index is 2.07. The number of nitrogens with zero attached hydrogens (tertiary/aromatic N) is 4. The number of amides is 1. The fraction of sp³-hybridized carbons (Fsp3) is 0.438. The van der Waals surface area contributed by atoms with E-state index in [1.165, 1.54) is 17.3 Å². The van der Waals surface area contributed by atoms with E-state index in [0.717, 1.165) is 5.56 Å². The molecule has 0 aliphatic heterocycles. The quantitative estimate of drug-likeness (QED) is 0.780. The first-order valence-corrected chi connectivity index (χ1v) is 7.45. The molecule has 23 heavy (non-hydrogen) atoms. The van der Waals surface area contributed by atoms with E-state index in [1.807, 2.05) is 25.1 Å². The van der Waals surface area contributed by atoms with Gasteiger partial charge in [0.05, 0.1) is 13.7 Å². The molecule has 2 aromatic rings. The summed E-state index contributed by atoms with van der Waals surface area (Å²) in [5.74, 6) is 1.32. The lowest BCUT2D eigenvalue weighted by atomic mass is 10.1. The van der Waals surface area contributed by atoms with Gasteiger partial charge in [0, 0.05) is 13.6 Å². The van der Waals surface area contributed by atoms with Gasteiger partial charge in [0.25, 0.3) is 0 Å². The van der Waals surface area contributed by atoms with Crippen molar-refractivity contribution in [2.75, 3.05) is 20.8 Å². The van der Waals surface area contributed by atoms with Gasteiger partial charge in [-0.3, -0.25) is 4.79 Å². The van der Waals surface area contributed by atoms with Crippen LogP contribution in [0.3, 0.4) is 0 Å². The van der Waals surface area contributed by atoms with Crippen LogP contribution in [0.25, 0.3) is 0 Å². The highest BCUT2D eigenvalue weighted by Gasteiger charge is 2.20. The maximum Gasteiger partial charge on any atom is 0.247 e. The Morgan fingerprint density at radius 2 is 2.17 bits per heavy atom. The molecule has 1 atom stereocenters. The fourth-order valence-electron chi connectivity index (χ4n) is 2.29. The van der Waals surface area contributed by atoms with Gasteiger partial charge in [0.1, 0.15) is 18.7 Å². The van der Waals surface area contributed by atoms with Crippen molar-refractivity contribution in [1.29, 1.82) is 0 Å². The first kappa shape index (κ1) is 16.8. The second kappa shape index (κ2) is 7.62. The Bertz CT molecular complexity index is 643. The first-order chi connectivity index (χ1) is 11.1. The Labute approximate surface area is 135 Å². The first-order valence-electron chi connectivity index (χ1n) is 7.45. The van der Waals surface area contributed by atoms with Gasteiger partial charge in [-0.15, -0.1) is 0 Å². The SMILES string of the molecule is CCOc1ccc(CN(C)C(=O)C(C)n2cncn2)cc1OC. The maximum atomic E-state index is 12.5. The standard InChI is InChI=1S/C16H22N4O3/c1-5-23-14-7-6-13(8-15(14)22-4)9-19(3)16(21)12(2)20-11-17-10-18-20/h6-8,10-12H,5,9H2,1-4H3. The Morgan fingerprint density at radius 1 is 1.39 bits per heavy atom. The topological polar surface area (TPSA) is 69.5 Å². The molecule has 0 spiro atoms. The van der Waals surface area contributed by atoms with E-state index in [1.54, 1.807) is 26.0 Å². The number of carbonyl (C=O) groups excluding carboxylic acids is 1. The van der Waals surface area contributed by atoms with Crippen LogP contribution in [0.2, 0.25) is 0 Å². The molecule has 1 aromatic carbocycles. The fourth-order valence-corrected chi connectivity index (χ4v) is 2.29. The minimum atomic E-state index is -0.396. The van der Waals surface area contributed by atoms with Gasteiger partial charge < -0.3 is 14.4 Å². The van der Waals surface area contributed by atoms with Gasteiger partial charge in [-0.05, 0) is 31.5 Å². The monoisotopic (exact) mass is 318 g/mol. The summed E-state index contributed by atoms with van der Waals surface area (Å²) >= 11 is 0. The lowest BCUT2D eigenvalue weighted by Crippen LogP contribution is -2.33. The highest BCUT2D eigenvalue weighted by atomic mass is 16.5. The third-order valence-electron chi connectivity index (χ3n) is 3.51. The molecular formula is C16H22N4O3. The molecule has 1 aromatic heterocycles. The molecule has 0 saturated carbocycles. The molecule has 0 aliphatic carbocycles. The number of carbonyl (C=O) groups is 1. The third kappa shape index (κ3) is 4.00. The normalized spacial score (nSPS) is 11.8. The van der Waals surface area contributed by atoms with Crippen molar-refractivity contribution in [3.05, 3.63) is 36.4 Å². The van der Waals surface area contributed by atoms with E-state index in [0.29, 0.717) is 24.7 Å². The summed E-state index contributed by atoms with van der Waals surface area (Å²) in [7, 11) is 3.36. The van der Waals surface area contributed by atoms with Crippen LogP contribution in [0.1, 0.15) is 25.5 Å². The van der Waals surface area contributed by atoms with Crippen molar-refractivity contribution in [2.45, 2.75) is 26.4 Å². The van der Waals surface area contributed by atoms with Gasteiger partial charge in [-0.1, -0.05) is 6.07 Å². The Hall–Kier alpha value is -2.57. The average molecular weight is 318 g/mol. The van der Waals surface area contributed by atoms with Crippen molar-refractivity contribution in [2.24, 2.45) is 0 Å². The molecule has 1 unspecified atom stereocenters. The number of methoxy groups -OCH3 is 1. The molecule has 2 rings (SSSR count).